The molecule has 0 N–H and O–H groups in total. The third-order valence-electron chi connectivity index (χ3n) is 11.9. The van der Waals surface area contributed by atoms with Gasteiger partial charge in [-0.25, -0.2) is 0 Å². The summed E-state index contributed by atoms with van der Waals surface area (Å²) in [6.45, 7) is 9.92. The third kappa shape index (κ3) is 7.45. The van der Waals surface area contributed by atoms with Crippen molar-refractivity contribution in [1.82, 2.24) is 14.1 Å². The summed E-state index contributed by atoms with van der Waals surface area (Å²) < 4.78 is 12.8. The summed E-state index contributed by atoms with van der Waals surface area (Å²) >= 11 is 2.53. The number of aromatic nitrogens is 3. The van der Waals surface area contributed by atoms with E-state index in [1.165, 1.54) is 50.1 Å². The minimum absolute atomic E-state index is 0.0618. The van der Waals surface area contributed by atoms with Gasteiger partial charge >= 0.3 is 346 Å². The van der Waals surface area contributed by atoms with Crippen LogP contribution < -0.4 is 9.64 Å². The molecule has 1 aliphatic rings. The Bertz CT molecular complexity index is 3080. The first-order chi connectivity index (χ1) is 30.2. The third-order valence-corrected chi connectivity index (χ3v) is 13.0. The molecule has 0 aliphatic carbocycles. The van der Waals surface area contributed by atoms with Crippen LogP contribution in [0.2, 0.25) is 0 Å². The van der Waals surface area contributed by atoms with Crippen molar-refractivity contribution in [3.63, 3.8) is 0 Å². The van der Waals surface area contributed by atoms with E-state index in [1.54, 1.807) is 0 Å². The summed E-state index contributed by atoms with van der Waals surface area (Å²) in [4.78, 5) is 7.18. The number of pyridine rings is 1. The molecule has 7 aromatic carbocycles. The Balaban J connectivity index is 1.14. The van der Waals surface area contributed by atoms with E-state index in [-0.39, 0.29) is 5.41 Å². The number of fused-ring (bicyclic) bond motifs is 2. The van der Waals surface area contributed by atoms with Gasteiger partial charge in [-0.15, -0.1) is 0 Å². The molecular formula is C56H48N4OPt. The number of anilines is 2. The molecule has 0 atom stereocenters. The number of benzene rings is 7. The summed E-state index contributed by atoms with van der Waals surface area (Å²) in [5.41, 5.74) is 16.4. The van der Waals surface area contributed by atoms with Gasteiger partial charge < -0.3 is 0 Å². The number of nitrogens with zero attached hydrogens (tertiary/aromatic N) is 4. The molecule has 9 aromatic rings. The normalized spacial score (nSPS) is 12.7. The molecule has 0 bridgehead atoms. The molecule has 10 rings (SSSR count). The van der Waals surface area contributed by atoms with Crippen LogP contribution in [0.25, 0.3) is 55.8 Å². The van der Waals surface area contributed by atoms with Crippen molar-refractivity contribution in [3.8, 4) is 56.3 Å². The number of hydrogen-bond donors (Lipinski definition) is 0. The van der Waals surface area contributed by atoms with Crippen molar-refractivity contribution in [3.05, 3.63) is 203 Å². The Morgan fingerprint density at radius 1 is 0.581 bits per heavy atom. The minimum atomic E-state index is -0.0618. The SMILES string of the molecule is Cc1ccnc(N2CCCc3c(-c4ccccc4)cc(Oc4cccc(-n5[c](=[Pt])n(-c6c(-c7ccccc7)cc(C(C)(C)C)cc6-c6ccccc6)c6ccccc65)c4)cc32)c1. The van der Waals surface area contributed by atoms with E-state index in [1.807, 2.05) is 6.20 Å². The fraction of sp³-hybridized carbons (Fsp3) is 0.143. The predicted octanol–water partition coefficient (Wildman–Crippen LogP) is 14.4. The van der Waals surface area contributed by atoms with Gasteiger partial charge in [0.25, 0.3) is 0 Å². The second-order valence-corrected chi connectivity index (χ2v) is 18.2. The van der Waals surface area contributed by atoms with Crippen molar-refractivity contribution in [2.75, 3.05) is 11.4 Å². The number of aryl methyl sites for hydroxylation is 1. The van der Waals surface area contributed by atoms with Gasteiger partial charge in [0.2, 0.25) is 0 Å². The molecule has 0 radical (unpaired) electrons. The zero-order valence-corrected chi connectivity index (χ0v) is 37.7. The molecule has 62 heavy (non-hydrogen) atoms. The maximum absolute atomic E-state index is 6.95. The van der Waals surface area contributed by atoms with Crippen LogP contribution in [0.4, 0.5) is 11.5 Å². The zero-order valence-electron chi connectivity index (χ0n) is 35.5. The van der Waals surface area contributed by atoms with E-state index < -0.39 is 0 Å². The topological polar surface area (TPSA) is 35.2 Å². The first-order valence-electron chi connectivity index (χ1n) is 21.4. The van der Waals surface area contributed by atoms with Gasteiger partial charge in [-0.1, -0.05) is 6.07 Å². The second-order valence-electron chi connectivity index (χ2n) is 17.2. The number of imidazole rings is 1. The summed E-state index contributed by atoms with van der Waals surface area (Å²) in [7, 11) is 0. The first kappa shape index (κ1) is 39.6. The van der Waals surface area contributed by atoms with E-state index in [0.29, 0.717) is 0 Å². The van der Waals surface area contributed by atoms with Crippen molar-refractivity contribution < 1.29 is 24.1 Å². The molecule has 2 aromatic heterocycles. The molecule has 0 saturated heterocycles. The Labute approximate surface area is 375 Å². The van der Waals surface area contributed by atoms with Crippen LogP contribution in [0.3, 0.4) is 0 Å². The number of rotatable bonds is 8. The van der Waals surface area contributed by atoms with Gasteiger partial charge in [-0.05, 0) is 18.6 Å². The molecular weight excluding hydrogens is 940 g/mol. The maximum atomic E-state index is 6.95. The average molecular weight is 988 g/mol. The fourth-order valence-electron chi connectivity index (χ4n) is 8.88. The molecule has 0 fully saturated rings. The van der Waals surface area contributed by atoms with E-state index in [9.17, 15) is 0 Å². The van der Waals surface area contributed by atoms with Gasteiger partial charge in [0.15, 0.2) is 0 Å². The quantitative estimate of drug-likeness (QED) is 0.152. The van der Waals surface area contributed by atoms with Crippen LogP contribution in [0.5, 0.6) is 11.5 Å². The summed E-state index contributed by atoms with van der Waals surface area (Å²) in [5, 5.41) is 0. The molecule has 1 aliphatic heterocycles. The van der Waals surface area contributed by atoms with Crippen molar-refractivity contribution in [2.45, 2.75) is 46.0 Å². The second kappa shape index (κ2) is 16.4. The van der Waals surface area contributed by atoms with Crippen LogP contribution in [0.1, 0.15) is 43.9 Å². The molecule has 0 amide bonds. The van der Waals surface area contributed by atoms with E-state index in [0.717, 1.165) is 68.6 Å². The van der Waals surface area contributed by atoms with Crippen molar-refractivity contribution in [1.29, 1.82) is 0 Å². The van der Waals surface area contributed by atoms with Crippen LogP contribution in [0, 0.1) is 10.7 Å². The van der Waals surface area contributed by atoms with E-state index in [2.05, 4.69) is 237 Å². The number of hydrogen-bond acceptors (Lipinski definition) is 3. The molecule has 0 saturated carbocycles. The van der Waals surface area contributed by atoms with Crippen LogP contribution in [-0.2, 0) is 31.2 Å². The van der Waals surface area contributed by atoms with E-state index >= 15 is 0 Å². The summed E-state index contributed by atoms with van der Waals surface area (Å²) in [6, 6.07) is 63.0. The summed E-state index contributed by atoms with van der Waals surface area (Å²) in [5.74, 6) is 2.52. The van der Waals surface area contributed by atoms with Gasteiger partial charge in [0, 0.05) is 6.20 Å². The zero-order chi connectivity index (χ0) is 42.4. The van der Waals surface area contributed by atoms with Crippen LogP contribution in [-0.4, -0.2) is 20.7 Å². The fourth-order valence-corrected chi connectivity index (χ4v) is 9.98. The summed E-state index contributed by atoms with van der Waals surface area (Å²) in [6.07, 6.45) is 3.95. The molecule has 0 spiro atoms. The Morgan fingerprint density at radius 2 is 1.18 bits per heavy atom. The Kier molecular flexibility index (Phi) is 10.5. The van der Waals surface area contributed by atoms with Gasteiger partial charge in [0.05, 0.1) is 0 Å². The molecule has 0 unspecified atom stereocenters. The van der Waals surface area contributed by atoms with Crippen LogP contribution in [0.15, 0.2) is 182 Å². The number of ether oxygens (including phenoxy) is 1. The molecule has 308 valence electrons. The monoisotopic (exact) mass is 987 g/mol. The molecule has 5 nitrogen and oxygen atoms in total. The Hall–Kier alpha value is -6.55. The Morgan fingerprint density at radius 3 is 1.79 bits per heavy atom. The van der Waals surface area contributed by atoms with Gasteiger partial charge in [-0.3, -0.25) is 0 Å². The van der Waals surface area contributed by atoms with Crippen molar-refractivity contribution in [2.24, 2.45) is 0 Å². The average Bonchev–Trinajstić information content (AvgIpc) is 3.59. The first-order valence-corrected chi connectivity index (χ1v) is 22.5. The standard InChI is InChI=1S/C56H48N4O.Pt/c1-39-29-30-57-54(32-39)58-31-17-26-47-48(40-18-8-5-9-19-40)36-46(37-53(47)58)61-45-25-16-24-44(35-45)59-38-60(52-28-15-14-27-51(52)59)55-49(41-20-10-6-11-21-41)33-43(56(2,3)4)34-50(55)42-22-12-7-13-23-42;/h5-16,18-25,27-30,32-37H,17,26,31H2,1-4H3;. The predicted molar refractivity (Wildman–Crippen MR) is 252 cm³/mol. The molecule has 6 heteroatoms. The van der Waals surface area contributed by atoms with Gasteiger partial charge in [0.1, 0.15) is 0 Å². The van der Waals surface area contributed by atoms with E-state index in [4.69, 9.17) is 9.72 Å². The van der Waals surface area contributed by atoms with Crippen molar-refractivity contribution >= 4 is 22.5 Å². The number of para-hydroxylation sites is 2. The molecule has 3 heterocycles. The van der Waals surface area contributed by atoms with Crippen LogP contribution >= 0.6 is 0 Å². The van der Waals surface area contributed by atoms with Gasteiger partial charge in [-0.2, -0.15) is 0 Å².